The van der Waals surface area contributed by atoms with Crippen LogP contribution in [0.4, 0.5) is 5.69 Å². The number of hydrogen-bond donors (Lipinski definition) is 1. The molecule has 0 saturated carbocycles. The Hall–Kier alpha value is -2.17. The molecule has 4 heteroatoms. The molecule has 4 nitrogen and oxygen atoms in total. The lowest BCUT2D eigenvalue weighted by molar-refractivity contribution is -0.122. The van der Waals surface area contributed by atoms with Gasteiger partial charge < -0.3 is 9.80 Å². The lowest BCUT2D eigenvalue weighted by Gasteiger charge is -2.29. The van der Waals surface area contributed by atoms with Gasteiger partial charge in [0.05, 0.1) is 0 Å². The second-order valence-corrected chi connectivity index (χ2v) is 6.37. The van der Waals surface area contributed by atoms with Crippen molar-refractivity contribution in [3.05, 3.63) is 65.7 Å². The number of fused-ring (bicyclic) bond motifs is 1. The van der Waals surface area contributed by atoms with Gasteiger partial charge in [0.1, 0.15) is 0 Å². The molecule has 3 rings (SSSR count). The van der Waals surface area contributed by atoms with E-state index in [2.05, 4.69) is 36.2 Å². The molecule has 0 unspecified atom stereocenters. The van der Waals surface area contributed by atoms with E-state index in [9.17, 15) is 4.79 Å². The van der Waals surface area contributed by atoms with E-state index >= 15 is 0 Å². The average Bonchev–Trinajstić information content (AvgIpc) is 2.92. The van der Waals surface area contributed by atoms with Gasteiger partial charge in [-0.05, 0) is 31.8 Å². The number of likely N-dealkylation sites (N-methyl/N-ethyl adjacent to an activating group) is 2. The Balaban J connectivity index is 2.03. The van der Waals surface area contributed by atoms with Gasteiger partial charge in [-0.15, -0.1) is 0 Å². The SMILES string of the molecule is CCN(CC)CCN1C(=O)[C@@](NC)(c2ccccc2)c2ccccc21. The first kappa shape index (κ1) is 17.6. The highest BCUT2D eigenvalue weighted by Gasteiger charge is 2.50. The van der Waals surface area contributed by atoms with Crippen molar-refractivity contribution in [1.82, 2.24) is 10.2 Å². The fourth-order valence-electron chi connectivity index (χ4n) is 3.81. The van der Waals surface area contributed by atoms with Gasteiger partial charge >= 0.3 is 0 Å². The summed E-state index contributed by atoms with van der Waals surface area (Å²) in [6.45, 7) is 7.89. The van der Waals surface area contributed by atoms with Gasteiger partial charge in [-0.25, -0.2) is 0 Å². The summed E-state index contributed by atoms with van der Waals surface area (Å²) in [5.41, 5.74) is 2.23. The summed E-state index contributed by atoms with van der Waals surface area (Å²) in [5, 5.41) is 3.34. The first-order chi connectivity index (χ1) is 12.2. The Kier molecular flexibility index (Phi) is 5.21. The van der Waals surface area contributed by atoms with E-state index in [-0.39, 0.29) is 5.91 Å². The van der Waals surface area contributed by atoms with Crippen LogP contribution < -0.4 is 10.2 Å². The van der Waals surface area contributed by atoms with E-state index in [1.54, 1.807) is 0 Å². The Morgan fingerprint density at radius 1 is 1.00 bits per heavy atom. The van der Waals surface area contributed by atoms with Crippen molar-refractivity contribution in [3.63, 3.8) is 0 Å². The summed E-state index contributed by atoms with van der Waals surface area (Å²) < 4.78 is 0. The summed E-state index contributed by atoms with van der Waals surface area (Å²) in [4.78, 5) is 17.8. The number of para-hydroxylation sites is 1. The van der Waals surface area contributed by atoms with Crippen molar-refractivity contribution in [2.45, 2.75) is 19.4 Å². The molecule has 1 N–H and O–H groups in total. The van der Waals surface area contributed by atoms with Gasteiger partial charge in [0.15, 0.2) is 5.54 Å². The first-order valence-electron chi connectivity index (χ1n) is 9.07. The quantitative estimate of drug-likeness (QED) is 0.844. The molecule has 0 aromatic heterocycles. The normalized spacial score (nSPS) is 19.5. The molecule has 132 valence electrons. The molecule has 25 heavy (non-hydrogen) atoms. The summed E-state index contributed by atoms with van der Waals surface area (Å²) in [6.07, 6.45) is 0. The fourth-order valence-corrected chi connectivity index (χ4v) is 3.81. The number of rotatable bonds is 7. The Labute approximate surface area is 150 Å². The second kappa shape index (κ2) is 7.38. The largest absolute Gasteiger partial charge is 0.309 e. The molecule has 0 spiro atoms. The molecule has 1 atom stereocenters. The molecule has 0 aliphatic carbocycles. The monoisotopic (exact) mass is 337 g/mol. The standard InChI is InChI=1S/C21H27N3O/c1-4-23(5-2)15-16-24-19-14-10-9-13-18(19)21(22-3,20(24)25)17-11-7-6-8-12-17/h6-14,22H,4-5,15-16H2,1-3H3/t21-/m1/s1. The molecule has 1 aliphatic rings. The topological polar surface area (TPSA) is 35.6 Å². The van der Waals surface area contributed by atoms with Crippen LogP contribution in [-0.4, -0.2) is 44.0 Å². The summed E-state index contributed by atoms with van der Waals surface area (Å²) in [7, 11) is 1.87. The van der Waals surface area contributed by atoms with Crippen LogP contribution in [0.1, 0.15) is 25.0 Å². The third kappa shape index (κ3) is 2.86. The minimum atomic E-state index is -0.804. The van der Waals surface area contributed by atoms with E-state index in [4.69, 9.17) is 0 Å². The number of nitrogens with zero attached hydrogens (tertiary/aromatic N) is 2. The predicted octanol–water partition coefficient (Wildman–Crippen LogP) is 2.84. The highest BCUT2D eigenvalue weighted by molar-refractivity contribution is 6.10. The molecular weight excluding hydrogens is 310 g/mol. The van der Waals surface area contributed by atoms with Gasteiger partial charge in [0, 0.05) is 24.3 Å². The minimum Gasteiger partial charge on any atom is -0.309 e. The number of hydrogen-bond acceptors (Lipinski definition) is 3. The zero-order valence-corrected chi connectivity index (χ0v) is 15.3. The number of benzene rings is 2. The molecular formula is C21H27N3O. The summed E-state index contributed by atoms with van der Waals surface area (Å²) >= 11 is 0. The molecule has 0 radical (unpaired) electrons. The van der Waals surface area contributed by atoms with Gasteiger partial charge in [-0.3, -0.25) is 10.1 Å². The molecule has 1 aliphatic heterocycles. The highest BCUT2D eigenvalue weighted by Crippen LogP contribution is 2.43. The molecule has 1 heterocycles. The van der Waals surface area contributed by atoms with E-state index in [1.807, 2.05) is 54.4 Å². The average molecular weight is 337 g/mol. The number of carbonyl (C=O) groups is 1. The smallest absolute Gasteiger partial charge is 0.256 e. The van der Waals surface area contributed by atoms with Crippen LogP contribution in [0.25, 0.3) is 0 Å². The predicted molar refractivity (Wildman–Crippen MR) is 103 cm³/mol. The maximum atomic E-state index is 13.6. The van der Waals surface area contributed by atoms with Crippen LogP contribution in [-0.2, 0) is 10.3 Å². The second-order valence-electron chi connectivity index (χ2n) is 6.37. The maximum Gasteiger partial charge on any atom is 0.256 e. The third-order valence-corrected chi connectivity index (χ3v) is 5.28. The summed E-state index contributed by atoms with van der Waals surface area (Å²) in [6, 6.07) is 18.1. The van der Waals surface area contributed by atoms with Crippen LogP contribution >= 0.6 is 0 Å². The lowest BCUT2D eigenvalue weighted by Crippen LogP contribution is -2.51. The van der Waals surface area contributed by atoms with Crippen molar-refractivity contribution in [2.24, 2.45) is 0 Å². The van der Waals surface area contributed by atoms with Crippen molar-refractivity contribution in [2.75, 3.05) is 38.1 Å². The third-order valence-electron chi connectivity index (χ3n) is 5.28. The Morgan fingerprint density at radius 2 is 1.64 bits per heavy atom. The van der Waals surface area contributed by atoms with Crippen molar-refractivity contribution in [1.29, 1.82) is 0 Å². The molecule has 0 saturated heterocycles. The fraction of sp³-hybridized carbons (Fsp3) is 0.381. The van der Waals surface area contributed by atoms with Gasteiger partial charge in [-0.2, -0.15) is 0 Å². The minimum absolute atomic E-state index is 0.106. The highest BCUT2D eigenvalue weighted by atomic mass is 16.2. The van der Waals surface area contributed by atoms with Crippen molar-refractivity contribution in [3.8, 4) is 0 Å². The van der Waals surface area contributed by atoms with E-state index in [0.717, 1.165) is 36.4 Å². The van der Waals surface area contributed by atoms with E-state index in [1.165, 1.54) is 0 Å². The molecule has 0 fully saturated rings. The van der Waals surface area contributed by atoms with Gasteiger partial charge in [0.25, 0.3) is 5.91 Å². The van der Waals surface area contributed by atoms with E-state index in [0.29, 0.717) is 6.54 Å². The number of nitrogens with one attached hydrogen (secondary N) is 1. The maximum absolute atomic E-state index is 13.6. The molecule has 1 amide bonds. The zero-order valence-electron chi connectivity index (χ0n) is 15.3. The van der Waals surface area contributed by atoms with Crippen LogP contribution in [0.2, 0.25) is 0 Å². The number of anilines is 1. The van der Waals surface area contributed by atoms with Crippen LogP contribution in [0.3, 0.4) is 0 Å². The number of carbonyl (C=O) groups excluding carboxylic acids is 1. The summed E-state index contributed by atoms with van der Waals surface area (Å²) in [5.74, 6) is 0.106. The van der Waals surface area contributed by atoms with Gasteiger partial charge in [0.2, 0.25) is 0 Å². The molecule has 0 bridgehead atoms. The molecule has 2 aromatic carbocycles. The first-order valence-corrected chi connectivity index (χ1v) is 9.07. The Bertz CT molecular complexity index is 727. The number of amides is 1. The van der Waals surface area contributed by atoms with Crippen LogP contribution in [0.5, 0.6) is 0 Å². The zero-order chi connectivity index (χ0) is 17.9. The lowest BCUT2D eigenvalue weighted by atomic mass is 9.84. The Morgan fingerprint density at radius 3 is 2.28 bits per heavy atom. The van der Waals surface area contributed by atoms with Crippen molar-refractivity contribution < 1.29 is 4.79 Å². The van der Waals surface area contributed by atoms with Crippen LogP contribution in [0, 0.1) is 0 Å². The van der Waals surface area contributed by atoms with Crippen LogP contribution in [0.15, 0.2) is 54.6 Å². The molecule has 2 aromatic rings. The van der Waals surface area contributed by atoms with Crippen molar-refractivity contribution >= 4 is 11.6 Å². The van der Waals surface area contributed by atoms with E-state index < -0.39 is 5.54 Å². The van der Waals surface area contributed by atoms with Gasteiger partial charge in [-0.1, -0.05) is 62.4 Å².